The number of anilines is 1. The van der Waals surface area contributed by atoms with E-state index in [1.807, 2.05) is 13.8 Å². The van der Waals surface area contributed by atoms with E-state index in [9.17, 15) is 4.79 Å². The first-order chi connectivity index (χ1) is 10.1. The van der Waals surface area contributed by atoms with E-state index in [0.29, 0.717) is 5.56 Å². The van der Waals surface area contributed by atoms with Crippen LogP contribution in [0.1, 0.15) is 34.0 Å². The lowest BCUT2D eigenvalue weighted by atomic mass is 10.1. The molecule has 1 amide bonds. The molecule has 4 nitrogen and oxygen atoms in total. The van der Waals surface area contributed by atoms with E-state index in [2.05, 4.69) is 34.7 Å². The molecule has 0 aromatic carbocycles. The summed E-state index contributed by atoms with van der Waals surface area (Å²) in [7, 11) is 0. The minimum atomic E-state index is -0.0610. The summed E-state index contributed by atoms with van der Waals surface area (Å²) in [6.45, 7) is 6.88. The van der Waals surface area contributed by atoms with Gasteiger partial charge in [0.15, 0.2) is 0 Å². The lowest BCUT2D eigenvalue weighted by molar-refractivity contribution is 0.0941. The average Bonchev–Trinajstić information content (AvgIpc) is 2.84. The van der Waals surface area contributed by atoms with Crippen molar-refractivity contribution >= 4 is 22.9 Å². The number of thiophene rings is 1. The van der Waals surface area contributed by atoms with Gasteiger partial charge in [-0.1, -0.05) is 0 Å². The smallest absolute Gasteiger partial charge is 0.253 e. The van der Waals surface area contributed by atoms with Crippen LogP contribution in [-0.4, -0.2) is 23.5 Å². The van der Waals surface area contributed by atoms with Crippen molar-refractivity contribution in [3.05, 3.63) is 45.9 Å². The number of aryl methyl sites for hydroxylation is 1. The molecule has 0 aliphatic rings. The van der Waals surface area contributed by atoms with Gasteiger partial charge in [-0.3, -0.25) is 9.78 Å². The van der Waals surface area contributed by atoms with Gasteiger partial charge in [-0.2, -0.15) is 0 Å². The number of pyridine rings is 1. The number of amides is 1. The molecule has 112 valence electrons. The summed E-state index contributed by atoms with van der Waals surface area (Å²) in [4.78, 5) is 19.0. The number of nitrogens with zero attached hydrogens (tertiary/aromatic N) is 1. The topological polar surface area (TPSA) is 54.0 Å². The van der Waals surface area contributed by atoms with Crippen molar-refractivity contribution in [2.75, 3.05) is 11.9 Å². The van der Waals surface area contributed by atoms with Crippen LogP contribution in [0.15, 0.2) is 30.6 Å². The zero-order valence-electron chi connectivity index (χ0n) is 12.6. The van der Waals surface area contributed by atoms with Gasteiger partial charge >= 0.3 is 0 Å². The van der Waals surface area contributed by atoms with E-state index in [1.165, 1.54) is 9.75 Å². The first-order valence-electron chi connectivity index (χ1n) is 7.14. The normalized spacial score (nSPS) is 12.0. The van der Waals surface area contributed by atoms with E-state index in [-0.39, 0.29) is 11.9 Å². The van der Waals surface area contributed by atoms with Gasteiger partial charge < -0.3 is 10.6 Å². The van der Waals surface area contributed by atoms with Crippen LogP contribution in [0.25, 0.3) is 0 Å². The summed E-state index contributed by atoms with van der Waals surface area (Å²) in [5.74, 6) is -0.0610. The summed E-state index contributed by atoms with van der Waals surface area (Å²) in [5.41, 5.74) is 1.41. The van der Waals surface area contributed by atoms with Crippen LogP contribution in [0.5, 0.6) is 0 Å². The second-order valence-electron chi connectivity index (χ2n) is 5.04. The Morgan fingerprint density at radius 2 is 2.19 bits per heavy atom. The van der Waals surface area contributed by atoms with Crippen LogP contribution in [0.4, 0.5) is 5.69 Å². The van der Waals surface area contributed by atoms with Crippen molar-refractivity contribution in [3.63, 3.8) is 0 Å². The largest absolute Gasteiger partial charge is 0.383 e. The zero-order valence-corrected chi connectivity index (χ0v) is 13.5. The highest BCUT2D eigenvalue weighted by atomic mass is 32.1. The summed E-state index contributed by atoms with van der Waals surface area (Å²) in [6.07, 6.45) is 4.18. The highest BCUT2D eigenvalue weighted by Crippen LogP contribution is 2.17. The molecule has 2 N–H and O–H groups in total. The molecule has 0 aliphatic carbocycles. The fourth-order valence-electron chi connectivity index (χ4n) is 2.17. The molecule has 0 aliphatic heterocycles. The van der Waals surface area contributed by atoms with Crippen LogP contribution in [0.2, 0.25) is 0 Å². The third kappa shape index (κ3) is 4.29. The number of nitrogens with one attached hydrogen (secondary N) is 2. The van der Waals surface area contributed by atoms with E-state index in [1.54, 1.807) is 29.8 Å². The Hall–Kier alpha value is -1.88. The monoisotopic (exact) mass is 303 g/mol. The SMILES string of the molecule is CCNc1cnccc1C(=O)NC(C)Cc1ccc(C)s1. The third-order valence-corrected chi connectivity index (χ3v) is 4.14. The van der Waals surface area contributed by atoms with E-state index >= 15 is 0 Å². The Bertz CT molecular complexity index is 609. The lowest BCUT2D eigenvalue weighted by Crippen LogP contribution is -2.34. The van der Waals surface area contributed by atoms with E-state index < -0.39 is 0 Å². The second kappa shape index (κ2) is 7.22. The Labute approximate surface area is 129 Å². The molecule has 21 heavy (non-hydrogen) atoms. The Morgan fingerprint density at radius 3 is 2.86 bits per heavy atom. The summed E-state index contributed by atoms with van der Waals surface area (Å²) in [6, 6.07) is 6.08. The number of carbonyl (C=O) groups is 1. The molecule has 2 aromatic heterocycles. The Morgan fingerprint density at radius 1 is 1.38 bits per heavy atom. The number of aromatic nitrogens is 1. The van der Waals surface area contributed by atoms with Gasteiger partial charge in [0.25, 0.3) is 5.91 Å². The third-order valence-electron chi connectivity index (χ3n) is 3.11. The van der Waals surface area contributed by atoms with Crippen LogP contribution in [-0.2, 0) is 6.42 Å². The van der Waals surface area contributed by atoms with Gasteiger partial charge in [-0.15, -0.1) is 11.3 Å². The standard InChI is InChI=1S/C16H21N3OS/c1-4-18-15-10-17-8-7-14(15)16(20)19-11(2)9-13-6-5-12(3)21-13/h5-8,10-11,18H,4,9H2,1-3H3,(H,19,20). The Balaban J connectivity index is 2.00. The van der Waals surface area contributed by atoms with E-state index in [0.717, 1.165) is 18.7 Å². The number of rotatable bonds is 6. The molecule has 0 spiro atoms. The predicted molar refractivity (Wildman–Crippen MR) is 88.1 cm³/mol. The molecule has 1 atom stereocenters. The van der Waals surface area contributed by atoms with Crippen molar-refractivity contribution < 1.29 is 4.79 Å². The molecule has 0 saturated carbocycles. The Kier molecular flexibility index (Phi) is 5.33. The minimum Gasteiger partial charge on any atom is -0.383 e. The molecular formula is C16H21N3OS. The fraction of sp³-hybridized carbons (Fsp3) is 0.375. The van der Waals surface area contributed by atoms with Gasteiger partial charge in [-0.05, 0) is 39.0 Å². The molecule has 2 aromatic rings. The number of hydrogen-bond acceptors (Lipinski definition) is 4. The molecular weight excluding hydrogens is 282 g/mol. The molecule has 1 unspecified atom stereocenters. The van der Waals surface area contributed by atoms with Crippen molar-refractivity contribution in [2.24, 2.45) is 0 Å². The minimum absolute atomic E-state index is 0.0610. The predicted octanol–water partition coefficient (Wildman–Crippen LogP) is 3.24. The zero-order chi connectivity index (χ0) is 15.2. The quantitative estimate of drug-likeness (QED) is 0.861. The fourth-order valence-corrected chi connectivity index (χ4v) is 3.19. The first kappa shape index (κ1) is 15.5. The molecule has 0 fully saturated rings. The van der Waals surface area contributed by atoms with Crippen LogP contribution in [0, 0.1) is 6.92 Å². The van der Waals surface area contributed by atoms with Crippen LogP contribution < -0.4 is 10.6 Å². The maximum Gasteiger partial charge on any atom is 0.253 e. The van der Waals surface area contributed by atoms with Crippen molar-refractivity contribution in [3.8, 4) is 0 Å². The van der Waals surface area contributed by atoms with Gasteiger partial charge in [0.1, 0.15) is 0 Å². The molecule has 2 rings (SSSR count). The lowest BCUT2D eigenvalue weighted by Gasteiger charge is -2.15. The molecule has 2 heterocycles. The average molecular weight is 303 g/mol. The van der Waals surface area contributed by atoms with Crippen LogP contribution in [0.3, 0.4) is 0 Å². The van der Waals surface area contributed by atoms with Crippen molar-refractivity contribution in [1.82, 2.24) is 10.3 Å². The molecule has 0 bridgehead atoms. The number of carbonyl (C=O) groups excluding carboxylic acids is 1. The first-order valence-corrected chi connectivity index (χ1v) is 7.96. The van der Waals surface area contributed by atoms with Gasteiger partial charge in [0.2, 0.25) is 0 Å². The summed E-state index contributed by atoms with van der Waals surface area (Å²) in [5, 5.41) is 6.21. The summed E-state index contributed by atoms with van der Waals surface area (Å²) < 4.78 is 0. The second-order valence-corrected chi connectivity index (χ2v) is 6.42. The van der Waals surface area contributed by atoms with Crippen LogP contribution >= 0.6 is 11.3 Å². The van der Waals surface area contributed by atoms with E-state index in [4.69, 9.17) is 0 Å². The van der Waals surface area contributed by atoms with Gasteiger partial charge in [-0.25, -0.2) is 0 Å². The van der Waals surface area contributed by atoms with Gasteiger partial charge in [0.05, 0.1) is 17.4 Å². The maximum absolute atomic E-state index is 12.4. The highest BCUT2D eigenvalue weighted by Gasteiger charge is 2.14. The van der Waals surface area contributed by atoms with Crippen molar-refractivity contribution in [1.29, 1.82) is 0 Å². The molecule has 0 radical (unpaired) electrons. The molecule has 5 heteroatoms. The maximum atomic E-state index is 12.4. The van der Waals surface area contributed by atoms with Gasteiger partial charge in [0, 0.05) is 35.0 Å². The van der Waals surface area contributed by atoms with Crippen molar-refractivity contribution in [2.45, 2.75) is 33.2 Å². The molecule has 0 saturated heterocycles. The highest BCUT2D eigenvalue weighted by molar-refractivity contribution is 7.11. The number of hydrogen-bond donors (Lipinski definition) is 2. The summed E-state index contributed by atoms with van der Waals surface area (Å²) >= 11 is 1.78.